The molecule has 4 aromatic rings. The maximum absolute atomic E-state index is 5.97. The second-order valence-electron chi connectivity index (χ2n) is 4.87. The van der Waals surface area contributed by atoms with Crippen LogP contribution in [0, 0.1) is 6.92 Å². The van der Waals surface area contributed by atoms with E-state index < -0.39 is 0 Å². The Hall–Kier alpha value is -2.46. The van der Waals surface area contributed by atoms with Crippen molar-refractivity contribution in [1.29, 1.82) is 0 Å². The van der Waals surface area contributed by atoms with Crippen LogP contribution in [0.4, 0.5) is 0 Å². The van der Waals surface area contributed by atoms with Crippen molar-refractivity contribution >= 4 is 28.2 Å². The molecular formula is C16H11ClN4. The topological polar surface area (TPSA) is 43.1 Å². The molecule has 0 N–H and O–H groups in total. The molecule has 102 valence electrons. The number of para-hydroxylation sites is 1. The van der Waals surface area contributed by atoms with Crippen LogP contribution in [-0.4, -0.2) is 19.6 Å². The standard InChI is InChI=1S/C16H11ClN4/c1-10-19-20-16-13-4-2-3-5-14(13)18-15(21(10)16)11-6-8-12(17)9-7-11/h2-9H,1H3. The fourth-order valence-electron chi connectivity index (χ4n) is 2.51. The number of rotatable bonds is 1. The number of benzene rings is 2. The average molecular weight is 295 g/mol. The maximum atomic E-state index is 5.97. The Labute approximate surface area is 126 Å². The fourth-order valence-corrected chi connectivity index (χ4v) is 2.63. The number of aromatic nitrogens is 4. The molecular weight excluding hydrogens is 284 g/mol. The quantitative estimate of drug-likeness (QED) is 0.534. The van der Waals surface area contributed by atoms with Crippen molar-refractivity contribution in [2.75, 3.05) is 0 Å². The first-order chi connectivity index (χ1) is 10.2. The summed E-state index contributed by atoms with van der Waals surface area (Å²) in [5, 5.41) is 10.2. The number of halogens is 1. The van der Waals surface area contributed by atoms with Crippen LogP contribution < -0.4 is 0 Å². The van der Waals surface area contributed by atoms with Crippen molar-refractivity contribution in [1.82, 2.24) is 19.6 Å². The highest BCUT2D eigenvalue weighted by atomic mass is 35.5. The minimum absolute atomic E-state index is 0.705. The summed E-state index contributed by atoms with van der Waals surface area (Å²) in [4.78, 5) is 4.78. The molecule has 0 radical (unpaired) electrons. The van der Waals surface area contributed by atoms with Crippen LogP contribution in [0.2, 0.25) is 5.02 Å². The lowest BCUT2D eigenvalue weighted by molar-refractivity contribution is 0.996. The Kier molecular flexibility index (Phi) is 2.65. The number of fused-ring (bicyclic) bond motifs is 3. The van der Waals surface area contributed by atoms with Gasteiger partial charge >= 0.3 is 0 Å². The molecule has 5 heteroatoms. The molecule has 0 saturated carbocycles. The summed E-state index contributed by atoms with van der Waals surface area (Å²) in [5.41, 5.74) is 2.71. The molecule has 2 heterocycles. The summed E-state index contributed by atoms with van der Waals surface area (Å²) >= 11 is 5.97. The molecule has 0 saturated heterocycles. The van der Waals surface area contributed by atoms with E-state index in [0.29, 0.717) is 5.02 Å². The summed E-state index contributed by atoms with van der Waals surface area (Å²) in [6.45, 7) is 1.93. The van der Waals surface area contributed by atoms with E-state index in [2.05, 4.69) is 10.2 Å². The molecule has 0 amide bonds. The van der Waals surface area contributed by atoms with Gasteiger partial charge in [0.2, 0.25) is 0 Å². The Balaban J connectivity index is 2.15. The summed E-state index contributed by atoms with van der Waals surface area (Å²) in [6.07, 6.45) is 0. The first-order valence-electron chi connectivity index (χ1n) is 6.60. The van der Waals surface area contributed by atoms with E-state index in [1.54, 1.807) is 0 Å². The van der Waals surface area contributed by atoms with Gasteiger partial charge in [0.15, 0.2) is 5.65 Å². The van der Waals surface area contributed by atoms with Crippen molar-refractivity contribution in [3.05, 3.63) is 59.4 Å². The molecule has 0 aliphatic carbocycles. The van der Waals surface area contributed by atoms with Crippen LogP contribution in [0.1, 0.15) is 5.82 Å². The van der Waals surface area contributed by atoms with Gasteiger partial charge in [0.25, 0.3) is 0 Å². The number of hydrogen-bond donors (Lipinski definition) is 0. The second kappa shape index (κ2) is 4.53. The molecule has 0 bridgehead atoms. The van der Waals surface area contributed by atoms with Gasteiger partial charge in [-0.05, 0) is 43.3 Å². The normalized spacial score (nSPS) is 11.3. The number of nitrogens with zero attached hydrogens (tertiary/aromatic N) is 4. The van der Waals surface area contributed by atoms with Crippen molar-refractivity contribution in [2.45, 2.75) is 6.92 Å². The van der Waals surface area contributed by atoms with Gasteiger partial charge in [0, 0.05) is 16.0 Å². The average Bonchev–Trinajstić information content (AvgIpc) is 2.90. The third-order valence-electron chi connectivity index (χ3n) is 3.51. The SMILES string of the molecule is Cc1nnc2c3ccccc3nc(-c3ccc(Cl)cc3)n12. The van der Waals surface area contributed by atoms with Gasteiger partial charge in [-0.3, -0.25) is 4.40 Å². The van der Waals surface area contributed by atoms with Crippen LogP contribution in [0.5, 0.6) is 0 Å². The van der Waals surface area contributed by atoms with Crippen molar-refractivity contribution < 1.29 is 0 Å². The van der Waals surface area contributed by atoms with E-state index in [9.17, 15) is 0 Å². The van der Waals surface area contributed by atoms with E-state index in [1.165, 1.54) is 0 Å². The van der Waals surface area contributed by atoms with Gasteiger partial charge in [0.1, 0.15) is 11.6 Å². The zero-order valence-corrected chi connectivity index (χ0v) is 12.0. The molecule has 2 aromatic heterocycles. The van der Waals surface area contributed by atoms with Gasteiger partial charge in [0.05, 0.1) is 5.52 Å². The van der Waals surface area contributed by atoms with Crippen LogP contribution >= 0.6 is 11.6 Å². The summed E-state index contributed by atoms with van der Waals surface area (Å²) in [5.74, 6) is 1.64. The molecule has 21 heavy (non-hydrogen) atoms. The molecule has 0 unspecified atom stereocenters. The van der Waals surface area contributed by atoms with E-state index in [1.807, 2.05) is 59.9 Å². The van der Waals surface area contributed by atoms with Crippen LogP contribution in [0.3, 0.4) is 0 Å². The minimum Gasteiger partial charge on any atom is -0.262 e. The third-order valence-corrected chi connectivity index (χ3v) is 3.76. The molecule has 0 atom stereocenters. The monoisotopic (exact) mass is 294 g/mol. The van der Waals surface area contributed by atoms with E-state index in [-0.39, 0.29) is 0 Å². The lowest BCUT2D eigenvalue weighted by atomic mass is 10.2. The van der Waals surface area contributed by atoms with E-state index >= 15 is 0 Å². The van der Waals surface area contributed by atoms with Gasteiger partial charge in [-0.25, -0.2) is 4.98 Å². The summed E-state index contributed by atoms with van der Waals surface area (Å²) < 4.78 is 1.98. The number of hydrogen-bond acceptors (Lipinski definition) is 3. The first kappa shape index (κ1) is 12.3. The predicted molar refractivity (Wildman–Crippen MR) is 83.5 cm³/mol. The Bertz CT molecular complexity index is 957. The van der Waals surface area contributed by atoms with E-state index in [0.717, 1.165) is 33.8 Å². The van der Waals surface area contributed by atoms with Crippen molar-refractivity contribution in [3.63, 3.8) is 0 Å². The Morgan fingerprint density at radius 2 is 1.71 bits per heavy atom. The number of aryl methyl sites for hydroxylation is 1. The predicted octanol–water partition coefficient (Wildman–Crippen LogP) is 3.91. The lowest BCUT2D eigenvalue weighted by Gasteiger charge is -2.08. The lowest BCUT2D eigenvalue weighted by Crippen LogP contribution is -1.99. The largest absolute Gasteiger partial charge is 0.262 e. The Morgan fingerprint density at radius 3 is 2.52 bits per heavy atom. The first-order valence-corrected chi connectivity index (χ1v) is 6.98. The molecule has 4 rings (SSSR count). The van der Waals surface area contributed by atoms with Gasteiger partial charge in [-0.2, -0.15) is 0 Å². The molecule has 0 aliphatic heterocycles. The van der Waals surface area contributed by atoms with Crippen LogP contribution in [0.15, 0.2) is 48.5 Å². The van der Waals surface area contributed by atoms with E-state index in [4.69, 9.17) is 16.6 Å². The highest BCUT2D eigenvalue weighted by Crippen LogP contribution is 2.26. The minimum atomic E-state index is 0.705. The highest BCUT2D eigenvalue weighted by molar-refractivity contribution is 6.30. The smallest absolute Gasteiger partial charge is 0.171 e. The van der Waals surface area contributed by atoms with Crippen LogP contribution in [0.25, 0.3) is 27.9 Å². The van der Waals surface area contributed by atoms with Crippen LogP contribution in [-0.2, 0) is 0 Å². The fraction of sp³-hybridized carbons (Fsp3) is 0.0625. The van der Waals surface area contributed by atoms with Gasteiger partial charge in [-0.1, -0.05) is 23.7 Å². The Morgan fingerprint density at radius 1 is 0.952 bits per heavy atom. The molecule has 0 spiro atoms. The molecule has 0 fully saturated rings. The maximum Gasteiger partial charge on any atom is 0.171 e. The zero-order valence-electron chi connectivity index (χ0n) is 11.3. The van der Waals surface area contributed by atoms with Gasteiger partial charge in [-0.15, -0.1) is 10.2 Å². The second-order valence-corrected chi connectivity index (χ2v) is 5.30. The zero-order chi connectivity index (χ0) is 14.4. The molecule has 4 nitrogen and oxygen atoms in total. The van der Waals surface area contributed by atoms with Gasteiger partial charge < -0.3 is 0 Å². The molecule has 0 aliphatic rings. The highest BCUT2D eigenvalue weighted by Gasteiger charge is 2.13. The summed E-state index contributed by atoms with van der Waals surface area (Å²) in [6, 6.07) is 15.6. The van der Waals surface area contributed by atoms with Crippen molar-refractivity contribution in [3.8, 4) is 11.4 Å². The molecule has 2 aromatic carbocycles. The summed E-state index contributed by atoms with van der Waals surface area (Å²) in [7, 11) is 0. The third kappa shape index (κ3) is 1.87. The van der Waals surface area contributed by atoms with Crippen molar-refractivity contribution in [2.24, 2.45) is 0 Å².